The molecular weight excluding hydrogens is 196 g/mol. The summed E-state index contributed by atoms with van der Waals surface area (Å²) in [4.78, 5) is 11.3. The highest BCUT2D eigenvalue weighted by Gasteiger charge is 2.30. The van der Waals surface area contributed by atoms with Gasteiger partial charge in [-0.25, -0.2) is 0 Å². The van der Waals surface area contributed by atoms with Crippen LogP contribution in [0, 0.1) is 0 Å². The number of rotatable bonds is 6. The van der Waals surface area contributed by atoms with Crippen molar-refractivity contribution in [3.8, 4) is 0 Å². The van der Waals surface area contributed by atoms with Crippen molar-refractivity contribution in [1.82, 2.24) is 10.6 Å². The summed E-state index contributed by atoms with van der Waals surface area (Å²) < 4.78 is 4.85. The Hall–Kier alpha value is -0.650. The summed E-state index contributed by atoms with van der Waals surface area (Å²) in [5, 5.41) is 15.7. The van der Waals surface area contributed by atoms with Gasteiger partial charge in [0.1, 0.15) is 0 Å². The normalized spacial score (nSPS) is 25.5. The van der Waals surface area contributed by atoms with Gasteiger partial charge < -0.3 is 20.5 Å². The molecule has 1 amide bonds. The van der Waals surface area contributed by atoms with Crippen molar-refractivity contribution in [3.63, 3.8) is 0 Å². The lowest BCUT2D eigenvalue weighted by atomic mass is 10.0. The summed E-state index contributed by atoms with van der Waals surface area (Å²) in [5.74, 6) is -0.0209. The van der Waals surface area contributed by atoms with Gasteiger partial charge in [-0.15, -0.1) is 0 Å². The number of nitrogens with one attached hydrogen (secondary N) is 2. The van der Waals surface area contributed by atoms with Crippen LogP contribution >= 0.6 is 0 Å². The van der Waals surface area contributed by atoms with E-state index in [1.807, 2.05) is 0 Å². The van der Waals surface area contributed by atoms with Crippen molar-refractivity contribution in [2.75, 3.05) is 33.4 Å². The van der Waals surface area contributed by atoms with E-state index in [0.717, 1.165) is 13.0 Å². The third kappa shape index (κ3) is 4.59. The molecule has 0 aromatic heterocycles. The summed E-state index contributed by atoms with van der Waals surface area (Å²) in [6.45, 7) is 2.31. The molecule has 88 valence electrons. The summed E-state index contributed by atoms with van der Waals surface area (Å²) in [7, 11) is 1.62. The van der Waals surface area contributed by atoms with E-state index in [4.69, 9.17) is 4.74 Å². The molecule has 0 aromatic carbocycles. The van der Waals surface area contributed by atoms with Gasteiger partial charge in [0.25, 0.3) is 0 Å². The highest BCUT2D eigenvalue weighted by Crippen LogP contribution is 2.12. The van der Waals surface area contributed by atoms with Crippen molar-refractivity contribution in [2.24, 2.45) is 0 Å². The molecule has 0 spiro atoms. The SMILES string of the molecule is COCCCC(=O)NCC1(O)CCNC1. The zero-order valence-electron chi connectivity index (χ0n) is 9.21. The van der Waals surface area contributed by atoms with Crippen LogP contribution in [0.5, 0.6) is 0 Å². The number of methoxy groups -OCH3 is 1. The van der Waals surface area contributed by atoms with Crippen molar-refractivity contribution in [1.29, 1.82) is 0 Å². The minimum Gasteiger partial charge on any atom is -0.387 e. The zero-order chi connectivity index (χ0) is 11.1. The Balaban J connectivity index is 2.10. The van der Waals surface area contributed by atoms with Gasteiger partial charge in [-0.3, -0.25) is 4.79 Å². The topological polar surface area (TPSA) is 70.6 Å². The Morgan fingerprint density at radius 1 is 1.67 bits per heavy atom. The monoisotopic (exact) mass is 216 g/mol. The van der Waals surface area contributed by atoms with Gasteiger partial charge in [0.15, 0.2) is 0 Å². The summed E-state index contributed by atoms with van der Waals surface area (Å²) in [5.41, 5.74) is -0.753. The molecule has 0 bridgehead atoms. The maximum Gasteiger partial charge on any atom is 0.220 e. The molecular formula is C10H20N2O3. The molecule has 1 unspecified atom stereocenters. The van der Waals surface area contributed by atoms with Crippen LogP contribution in [0.2, 0.25) is 0 Å². The molecule has 1 aliphatic rings. The lowest BCUT2D eigenvalue weighted by Crippen LogP contribution is -2.44. The number of carbonyl (C=O) groups excluding carboxylic acids is 1. The molecule has 1 atom stereocenters. The van der Waals surface area contributed by atoms with Gasteiger partial charge in [0.05, 0.1) is 5.60 Å². The second-order valence-corrected chi connectivity index (χ2v) is 4.02. The Kier molecular flexibility index (Phi) is 5.01. The van der Waals surface area contributed by atoms with Crippen LogP contribution in [0.25, 0.3) is 0 Å². The molecule has 1 aliphatic heterocycles. The first kappa shape index (κ1) is 12.4. The smallest absolute Gasteiger partial charge is 0.220 e. The fourth-order valence-corrected chi connectivity index (χ4v) is 1.61. The maximum atomic E-state index is 11.3. The molecule has 1 fully saturated rings. The van der Waals surface area contributed by atoms with Crippen molar-refractivity contribution >= 4 is 5.91 Å². The van der Waals surface area contributed by atoms with E-state index in [-0.39, 0.29) is 5.91 Å². The molecule has 0 saturated carbocycles. The van der Waals surface area contributed by atoms with Gasteiger partial charge in [-0.1, -0.05) is 0 Å². The van der Waals surface area contributed by atoms with E-state index >= 15 is 0 Å². The van der Waals surface area contributed by atoms with Gasteiger partial charge in [0, 0.05) is 33.2 Å². The van der Waals surface area contributed by atoms with Crippen LogP contribution in [0.4, 0.5) is 0 Å². The first-order chi connectivity index (χ1) is 7.16. The Labute approximate surface area is 90.2 Å². The predicted molar refractivity (Wildman–Crippen MR) is 56.6 cm³/mol. The fraction of sp³-hybridized carbons (Fsp3) is 0.900. The lowest BCUT2D eigenvalue weighted by Gasteiger charge is -2.21. The minimum atomic E-state index is -0.753. The Morgan fingerprint density at radius 3 is 3.07 bits per heavy atom. The molecule has 15 heavy (non-hydrogen) atoms. The maximum absolute atomic E-state index is 11.3. The fourth-order valence-electron chi connectivity index (χ4n) is 1.61. The molecule has 1 rings (SSSR count). The molecule has 5 nitrogen and oxygen atoms in total. The van der Waals surface area contributed by atoms with Crippen LogP contribution in [0.1, 0.15) is 19.3 Å². The number of amides is 1. The summed E-state index contributed by atoms with van der Waals surface area (Å²) in [6.07, 6.45) is 1.88. The first-order valence-corrected chi connectivity index (χ1v) is 5.35. The summed E-state index contributed by atoms with van der Waals surface area (Å²) in [6, 6.07) is 0. The number of hydrogen-bond donors (Lipinski definition) is 3. The number of hydrogen-bond acceptors (Lipinski definition) is 4. The molecule has 0 aliphatic carbocycles. The minimum absolute atomic E-state index is 0.0209. The third-order valence-corrected chi connectivity index (χ3v) is 2.59. The molecule has 3 N–H and O–H groups in total. The standard InChI is InChI=1S/C10H20N2O3/c1-15-6-2-3-9(13)12-8-10(14)4-5-11-7-10/h11,14H,2-8H2,1H3,(H,12,13). The van der Waals surface area contributed by atoms with E-state index in [1.165, 1.54) is 0 Å². The summed E-state index contributed by atoms with van der Waals surface area (Å²) >= 11 is 0. The number of β-amino-alcohol motifs (C(OH)–C–C–N with tert-alkyl or cyclic N) is 1. The van der Waals surface area contributed by atoms with Crippen LogP contribution < -0.4 is 10.6 Å². The van der Waals surface area contributed by atoms with Crippen molar-refractivity contribution in [2.45, 2.75) is 24.9 Å². The lowest BCUT2D eigenvalue weighted by molar-refractivity contribution is -0.122. The molecule has 1 heterocycles. The van der Waals surface area contributed by atoms with E-state index in [0.29, 0.717) is 32.5 Å². The molecule has 1 saturated heterocycles. The highest BCUT2D eigenvalue weighted by atomic mass is 16.5. The van der Waals surface area contributed by atoms with Crippen LogP contribution in [0.15, 0.2) is 0 Å². The van der Waals surface area contributed by atoms with Gasteiger partial charge in [-0.05, 0) is 19.4 Å². The first-order valence-electron chi connectivity index (χ1n) is 5.35. The van der Waals surface area contributed by atoms with Gasteiger partial charge >= 0.3 is 0 Å². The van der Waals surface area contributed by atoms with Crippen molar-refractivity contribution in [3.05, 3.63) is 0 Å². The third-order valence-electron chi connectivity index (χ3n) is 2.59. The van der Waals surface area contributed by atoms with Crippen LogP contribution in [-0.2, 0) is 9.53 Å². The van der Waals surface area contributed by atoms with E-state index in [1.54, 1.807) is 7.11 Å². The van der Waals surface area contributed by atoms with Crippen LogP contribution in [0.3, 0.4) is 0 Å². The second-order valence-electron chi connectivity index (χ2n) is 4.02. The van der Waals surface area contributed by atoms with Crippen LogP contribution in [-0.4, -0.2) is 50.0 Å². The number of ether oxygens (including phenoxy) is 1. The molecule has 5 heteroatoms. The number of carbonyl (C=O) groups is 1. The molecule has 0 aromatic rings. The average molecular weight is 216 g/mol. The van der Waals surface area contributed by atoms with E-state index in [2.05, 4.69) is 10.6 Å². The Bertz CT molecular complexity index is 203. The predicted octanol–water partition coefficient (Wildman–Crippen LogP) is -0.746. The van der Waals surface area contributed by atoms with Gasteiger partial charge in [0.2, 0.25) is 5.91 Å². The quantitative estimate of drug-likeness (QED) is 0.511. The zero-order valence-corrected chi connectivity index (χ0v) is 9.21. The van der Waals surface area contributed by atoms with E-state index < -0.39 is 5.60 Å². The average Bonchev–Trinajstić information content (AvgIpc) is 2.64. The largest absolute Gasteiger partial charge is 0.387 e. The number of aliphatic hydroxyl groups is 1. The van der Waals surface area contributed by atoms with E-state index in [9.17, 15) is 9.90 Å². The second kappa shape index (κ2) is 6.05. The van der Waals surface area contributed by atoms with Crippen molar-refractivity contribution < 1.29 is 14.6 Å². The Morgan fingerprint density at radius 2 is 2.47 bits per heavy atom. The van der Waals surface area contributed by atoms with Gasteiger partial charge in [-0.2, -0.15) is 0 Å². The highest BCUT2D eigenvalue weighted by molar-refractivity contribution is 5.75. The molecule has 0 radical (unpaired) electrons.